The largest absolute Gasteiger partial charge is 0.287 e. The van der Waals surface area contributed by atoms with Crippen molar-refractivity contribution < 1.29 is 9.47 Å². The Morgan fingerprint density at radius 3 is 2.88 bits per heavy atom. The SMILES string of the molecule is CC(=O)N[n+]1cnn(Cc2ccccc2)c1. The fourth-order valence-corrected chi connectivity index (χ4v) is 1.42. The first-order valence-electron chi connectivity index (χ1n) is 4.99. The van der Waals surface area contributed by atoms with Gasteiger partial charge in [-0.2, -0.15) is 0 Å². The smallest absolute Gasteiger partial charge is 0.272 e. The van der Waals surface area contributed by atoms with Gasteiger partial charge in [0.15, 0.2) is 0 Å². The highest BCUT2D eigenvalue weighted by molar-refractivity contribution is 5.78. The molecule has 0 atom stereocenters. The summed E-state index contributed by atoms with van der Waals surface area (Å²) in [6.07, 6.45) is 3.29. The molecule has 16 heavy (non-hydrogen) atoms. The molecule has 0 aliphatic rings. The van der Waals surface area contributed by atoms with Crippen molar-refractivity contribution in [3.05, 3.63) is 48.5 Å². The normalized spacial score (nSPS) is 10.1. The maximum atomic E-state index is 10.8. The van der Waals surface area contributed by atoms with Crippen LogP contribution in [0.4, 0.5) is 0 Å². The van der Waals surface area contributed by atoms with Crippen molar-refractivity contribution in [2.45, 2.75) is 13.5 Å². The maximum Gasteiger partial charge on any atom is 0.287 e. The molecule has 0 unspecified atom stereocenters. The number of aromatic nitrogens is 3. The van der Waals surface area contributed by atoms with Gasteiger partial charge in [0.2, 0.25) is 12.2 Å². The van der Waals surface area contributed by atoms with Crippen molar-refractivity contribution in [3.63, 3.8) is 0 Å². The lowest BCUT2D eigenvalue weighted by atomic mass is 10.2. The third-order valence-electron chi connectivity index (χ3n) is 2.06. The Bertz CT molecular complexity index is 478. The number of benzene rings is 1. The van der Waals surface area contributed by atoms with Crippen molar-refractivity contribution in [1.82, 2.24) is 9.78 Å². The molecule has 0 bridgehead atoms. The van der Waals surface area contributed by atoms with Crippen LogP contribution < -0.4 is 10.1 Å². The lowest BCUT2D eigenvalue weighted by Gasteiger charge is -1.95. The van der Waals surface area contributed by atoms with Gasteiger partial charge in [-0.1, -0.05) is 30.3 Å². The molecule has 0 radical (unpaired) electrons. The van der Waals surface area contributed by atoms with Gasteiger partial charge in [-0.3, -0.25) is 4.79 Å². The van der Waals surface area contributed by atoms with E-state index in [1.807, 2.05) is 30.3 Å². The lowest BCUT2D eigenvalue weighted by Crippen LogP contribution is -2.45. The van der Waals surface area contributed by atoms with E-state index in [0.717, 1.165) is 0 Å². The maximum absolute atomic E-state index is 10.8. The van der Waals surface area contributed by atoms with Crippen LogP contribution in [0, 0.1) is 0 Å². The number of hydrogen-bond acceptors (Lipinski definition) is 2. The van der Waals surface area contributed by atoms with Gasteiger partial charge in [0.1, 0.15) is 6.54 Å². The first-order valence-corrected chi connectivity index (χ1v) is 4.99. The molecule has 1 heterocycles. The minimum atomic E-state index is -0.121. The second-order valence-electron chi connectivity index (χ2n) is 3.50. The Labute approximate surface area is 93.3 Å². The van der Waals surface area contributed by atoms with E-state index in [2.05, 4.69) is 10.5 Å². The second kappa shape index (κ2) is 4.57. The van der Waals surface area contributed by atoms with Gasteiger partial charge >= 0.3 is 0 Å². The summed E-state index contributed by atoms with van der Waals surface area (Å²) in [6.45, 7) is 2.15. The third-order valence-corrected chi connectivity index (χ3v) is 2.06. The van der Waals surface area contributed by atoms with Gasteiger partial charge in [-0.05, 0) is 5.56 Å². The van der Waals surface area contributed by atoms with Crippen molar-refractivity contribution in [2.24, 2.45) is 0 Å². The minimum absolute atomic E-state index is 0.121. The van der Waals surface area contributed by atoms with Crippen LogP contribution in [0.15, 0.2) is 43.0 Å². The van der Waals surface area contributed by atoms with Gasteiger partial charge in [-0.25, -0.2) is 5.43 Å². The zero-order valence-electron chi connectivity index (χ0n) is 9.00. The number of nitrogens with zero attached hydrogens (tertiary/aromatic N) is 3. The van der Waals surface area contributed by atoms with Crippen LogP contribution >= 0.6 is 0 Å². The van der Waals surface area contributed by atoms with E-state index in [4.69, 9.17) is 0 Å². The van der Waals surface area contributed by atoms with Crippen molar-refractivity contribution in [1.29, 1.82) is 0 Å². The van der Waals surface area contributed by atoms with E-state index in [9.17, 15) is 4.79 Å². The topological polar surface area (TPSA) is 50.8 Å². The number of carbonyl (C=O) groups is 1. The predicted octanol–water partition coefficient (Wildman–Crippen LogP) is 0.309. The van der Waals surface area contributed by atoms with Crippen molar-refractivity contribution >= 4 is 5.91 Å². The average molecular weight is 217 g/mol. The summed E-state index contributed by atoms with van der Waals surface area (Å²) in [7, 11) is 0. The molecule has 0 spiro atoms. The Morgan fingerprint density at radius 1 is 1.44 bits per heavy atom. The molecular weight excluding hydrogens is 204 g/mol. The molecule has 1 aromatic heterocycles. The van der Waals surface area contributed by atoms with Gasteiger partial charge in [0.05, 0.1) is 0 Å². The van der Waals surface area contributed by atoms with Crippen LogP contribution in [0.3, 0.4) is 0 Å². The Balaban J connectivity index is 2.06. The standard InChI is InChI=1S/C11H12N4O/c1-10(16)13-15-8-12-14(9-15)7-11-5-3-2-4-6-11/h2-6,8-9H,7H2,1H3/p+1. The monoisotopic (exact) mass is 217 g/mol. The average Bonchev–Trinajstić information content (AvgIpc) is 2.66. The molecule has 1 N–H and O–H groups in total. The van der Waals surface area contributed by atoms with E-state index in [1.165, 1.54) is 17.2 Å². The summed E-state index contributed by atoms with van der Waals surface area (Å²) in [6, 6.07) is 10.0. The van der Waals surface area contributed by atoms with E-state index in [0.29, 0.717) is 6.54 Å². The molecule has 0 aliphatic heterocycles. The van der Waals surface area contributed by atoms with Gasteiger partial charge in [0, 0.05) is 12.0 Å². The fraction of sp³-hybridized carbons (Fsp3) is 0.182. The highest BCUT2D eigenvalue weighted by Crippen LogP contribution is 1.99. The predicted molar refractivity (Wildman–Crippen MR) is 58.0 cm³/mol. The van der Waals surface area contributed by atoms with Crippen molar-refractivity contribution in [2.75, 3.05) is 5.43 Å². The molecule has 2 rings (SSSR count). The molecule has 0 saturated carbocycles. The first-order chi connectivity index (χ1) is 7.74. The van der Waals surface area contributed by atoms with Gasteiger partial charge in [0.25, 0.3) is 6.33 Å². The molecule has 0 fully saturated rings. The number of hydrogen-bond donors (Lipinski definition) is 1. The van der Waals surface area contributed by atoms with Crippen LogP contribution in [-0.4, -0.2) is 15.7 Å². The van der Waals surface area contributed by atoms with E-state index < -0.39 is 0 Å². The Morgan fingerprint density at radius 2 is 2.19 bits per heavy atom. The summed E-state index contributed by atoms with van der Waals surface area (Å²) in [4.78, 5) is 10.8. The Kier molecular flexibility index (Phi) is 2.95. The summed E-state index contributed by atoms with van der Waals surface area (Å²) in [5, 5.41) is 4.13. The first kappa shape index (κ1) is 10.4. The zero-order valence-corrected chi connectivity index (χ0v) is 9.00. The van der Waals surface area contributed by atoms with E-state index in [1.54, 1.807) is 17.3 Å². The van der Waals surface area contributed by atoms with Crippen LogP contribution in [0.2, 0.25) is 0 Å². The molecule has 0 saturated heterocycles. The number of rotatable bonds is 3. The van der Waals surface area contributed by atoms with Crippen LogP contribution in [0.1, 0.15) is 12.5 Å². The highest BCUT2D eigenvalue weighted by Gasteiger charge is 2.06. The summed E-state index contributed by atoms with van der Waals surface area (Å²) in [5.41, 5.74) is 3.77. The molecule has 5 heteroatoms. The number of nitrogens with one attached hydrogen (secondary N) is 1. The third kappa shape index (κ3) is 2.66. The lowest BCUT2D eigenvalue weighted by molar-refractivity contribution is -0.643. The van der Waals surface area contributed by atoms with Crippen LogP contribution in [0.5, 0.6) is 0 Å². The second-order valence-corrected chi connectivity index (χ2v) is 3.50. The molecule has 0 aliphatic carbocycles. The summed E-state index contributed by atoms with van der Waals surface area (Å²) >= 11 is 0. The fourth-order valence-electron chi connectivity index (χ4n) is 1.42. The van der Waals surface area contributed by atoms with Crippen LogP contribution in [0.25, 0.3) is 0 Å². The highest BCUT2D eigenvalue weighted by atomic mass is 16.2. The molecule has 1 aromatic carbocycles. The van der Waals surface area contributed by atoms with Crippen LogP contribution in [-0.2, 0) is 11.3 Å². The number of carbonyl (C=O) groups excluding carboxylic acids is 1. The van der Waals surface area contributed by atoms with E-state index >= 15 is 0 Å². The van der Waals surface area contributed by atoms with Crippen molar-refractivity contribution in [3.8, 4) is 0 Å². The summed E-state index contributed by atoms with van der Waals surface area (Å²) < 4.78 is 3.29. The van der Waals surface area contributed by atoms with Gasteiger partial charge in [-0.15, -0.1) is 9.36 Å². The summed E-state index contributed by atoms with van der Waals surface area (Å²) in [5.74, 6) is -0.121. The zero-order chi connectivity index (χ0) is 11.4. The van der Waals surface area contributed by atoms with E-state index in [-0.39, 0.29) is 5.91 Å². The molecular formula is C11H13N4O+. The molecule has 82 valence electrons. The molecule has 2 aromatic rings. The van der Waals surface area contributed by atoms with Gasteiger partial charge < -0.3 is 0 Å². The molecule has 1 amide bonds. The quantitative estimate of drug-likeness (QED) is 0.752. The number of amides is 1. The molecule has 5 nitrogen and oxygen atoms in total. The Hall–Kier alpha value is -2.17. The minimum Gasteiger partial charge on any atom is -0.272 e.